The number of hydrogen-bond acceptors (Lipinski definition) is 6. The number of benzene rings is 1. The van der Waals surface area contributed by atoms with E-state index in [-0.39, 0.29) is 29.5 Å². The summed E-state index contributed by atoms with van der Waals surface area (Å²) in [5.74, 6) is 0.550. The predicted octanol–water partition coefficient (Wildman–Crippen LogP) is 4.55. The van der Waals surface area contributed by atoms with Gasteiger partial charge in [-0.25, -0.2) is 4.79 Å². The number of amides is 2. The first-order chi connectivity index (χ1) is 16.5. The van der Waals surface area contributed by atoms with Gasteiger partial charge >= 0.3 is 12.4 Å². The second-order valence-electron chi connectivity index (χ2n) is 9.75. The number of aliphatic hydroxyl groups is 1. The Kier molecular flexibility index (Phi) is 7.25. The lowest BCUT2D eigenvalue weighted by atomic mass is 9.84. The van der Waals surface area contributed by atoms with Crippen LogP contribution in [0.15, 0.2) is 22.7 Å². The molecule has 0 radical (unpaired) electrons. The van der Waals surface area contributed by atoms with E-state index in [2.05, 4.69) is 14.9 Å². The van der Waals surface area contributed by atoms with Crippen LogP contribution in [-0.2, 0) is 0 Å². The molecule has 1 N–H and O–H groups in total. The molecule has 2 atom stereocenters. The van der Waals surface area contributed by atoms with Gasteiger partial charge in [0, 0.05) is 38.0 Å². The third kappa shape index (κ3) is 6.06. The van der Waals surface area contributed by atoms with Gasteiger partial charge in [0.25, 0.3) is 0 Å². The lowest BCUT2D eigenvalue weighted by Crippen LogP contribution is -2.51. The van der Waals surface area contributed by atoms with Gasteiger partial charge < -0.3 is 24.2 Å². The maximum absolute atomic E-state index is 13.4. The van der Waals surface area contributed by atoms with E-state index in [1.807, 2.05) is 13.8 Å². The highest BCUT2D eigenvalue weighted by molar-refractivity contribution is 5.75. The summed E-state index contributed by atoms with van der Waals surface area (Å²) in [6.45, 7) is 7.28. The van der Waals surface area contributed by atoms with Crippen LogP contribution >= 0.6 is 0 Å². The highest BCUT2D eigenvalue weighted by Gasteiger charge is 2.37. The maximum Gasteiger partial charge on any atom is 0.573 e. The number of piperidine rings is 2. The summed E-state index contributed by atoms with van der Waals surface area (Å²) in [6.07, 6.45) is -3.48. The molecule has 2 aliphatic heterocycles. The highest BCUT2D eigenvalue weighted by atomic mass is 19.4. The van der Waals surface area contributed by atoms with Crippen LogP contribution in [0.2, 0.25) is 0 Å². The number of halogens is 3. The monoisotopic (exact) mass is 496 g/mol. The number of hydrogen-bond donors (Lipinski definition) is 1. The second-order valence-corrected chi connectivity index (χ2v) is 9.75. The van der Waals surface area contributed by atoms with Crippen molar-refractivity contribution in [2.75, 3.05) is 26.2 Å². The summed E-state index contributed by atoms with van der Waals surface area (Å²) in [5, 5.41) is 13.9. The van der Waals surface area contributed by atoms with Crippen molar-refractivity contribution in [2.24, 2.45) is 0 Å². The third-order valence-corrected chi connectivity index (χ3v) is 6.68. The van der Waals surface area contributed by atoms with Crippen molar-refractivity contribution in [1.82, 2.24) is 19.9 Å². The van der Waals surface area contributed by atoms with Gasteiger partial charge in [-0.15, -0.1) is 13.2 Å². The smallest absolute Gasteiger partial charge is 0.406 e. The van der Waals surface area contributed by atoms with Crippen LogP contribution in [0.4, 0.5) is 18.0 Å². The molecule has 2 fully saturated rings. The Morgan fingerprint density at radius 2 is 1.86 bits per heavy atom. The Morgan fingerprint density at radius 1 is 1.17 bits per heavy atom. The number of ether oxygens (including phenoxy) is 1. The molecule has 0 aliphatic carbocycles. The van der Waals surface area contributed by atoms with Gasteiger partial charge in [-0.2, -0.15) is 4.98 Å². The first-order valence-electron chi connectivity index (χ1n) is 11.9. The number of rotatable bonds is 4. The van der Waals surface area contributed by atoms with E-state index in [1.54, 1.807) is 28.9 Å². The molecule has 0 spiro atoms. The predicted molar refractivity (Wildman–Crippen MR) is 120 cm³/mol. The zero-order valence-electron chi connectivity index (χ0n) is 20.1. The Bertz CT molecular complexity index is 1030. The standard InChI is InChI=1S/C24H31F3N4O4/c1-14(2)21-28-22(35-29-21)18-11-17(16-4-5-20(15(3)10-16)34-24(25,26)27)12-31(13-18)23(33)30-8-6-19(32)7-9-30/h4-5,10,14,17-19,32H,6-9,11-13H2,1-3H3/t17-,18+/m1/s1. The number of urea groups is 1. The molecule has 11 heteroatoms. The number of carbonyl (C=O) groups is 1. The van der Waals surface area contributed by atoms with Gasteiger partial charge in [0.15, 0.2) is 5.82 Å². The third-order valence-electron chi connectivity index (χ3n) is 6.68. The molecule has 3 heterocycles. The topological polar surface area (TPSA) is 91.9 Å². The summed E-state index contributed by atoms with van der Waals surface area (Å²) < 4.78 is 47.8. The SMILES string of the molecule is Cc1cc([C@@H]2C[C@H](c3nc(C(C)C)no3)CN(C(=O)N3CCC(O)CC3)C2)ccc1OC(F)(F)F. The van der Waals surface area contributed by atoms with E-state index in [0.717, 1.165) is 5.56 Å². The van der Waals surface area contributed by atoms with Crippen molar-refractivity contribution in [1.29, 1.82) is 0 Å². The molecule has 2 saturated heterocycles. The number of alkyl halides is 3. The maximum atomic E-state index is 13.4. The zero-order chi connectivity index (χ0) is 25.3. The lowest BCUT2D eigenvalue weighted by Gasteiger charge is -2.40. The van der Waals surface area contributed by atoms with Crippen molar-refractivity contribution in [3.05, 3.63) is 41.0 Å². The molecule has 2 aliphatic rings. The minimum absolute atomic E-state index is 0.0910. The van der Waals surface area contributed by atoms with Gasteiger partial charge in [-0.1, -0.05) is 31.1 Å². The molecule has 0 unspecified atom stereocenters. The molecule has 35 heavy (non-hydrogen) atoms. The van der Waals surface area contributed by atoms with E-state index in [1.165, 1.54) is 6.07 Å². The summed E-state index contributed by atoms with van der Waals surface area (Å²) in [5.41, 5.74) is 1.18. The summed E-state index contributed by atoms with van der Waals surface area (Å²) >= 11 is 0. The molecule has 192 valence electrons. The molecule has 0 saturated carbocycles. The van der Waals surface area contributed by atoms with E-state index < -0.39 is 12.5 Å². The Morgan fingerprint density at radius 3 is 2.46 bits per heavy atom. The highest BCUT2D eigenvalue weighted by Crippen LogP contribution is 2.38. The van der Waals surface area contributed by atoms with Gasteiger partial charge in [0.05, 0.1) is 12.0 Å². The van der Waals surface area contributed by atoms with E-state index in [9.17, 15) is 23.1 Å². The van der Waals surface area contributed by atoms with Crippen molar-refractivity contribution in [2.45, 2.75) is 70.3 Å². The fourth-order valence-corrected chi connectivity index (χ4v) is 4.75. The van der Waals surface area contributed by atoms with Crippen molar-refractivity contribution in [3.8, 4) is 5.75 Å². The summed E-state index contributed by atoms with van der Waals surface area (Å²) in [7, 11) is 0. The van der Waals surface area contributed by atoms with Gasteiger partial charge in [-0.3, -0.25) is 0 Å². The molecule has 4 rings (SSSR count). The molecular formula is C24H31F3N4O4. The minimum Gasteiger partial charge on any atom is -0.406 e. The van der Waals surface area contributed by atoms with Crippen LogP contribution in [0, 0.1) is 6.92 Å². The molecule has 2 aromatic rings. The van der Waals surface area contributed by atoms with Crippen LogP contribution < -0.4 is 4.74 Å². The van der Waals surface area contributed by atoms with Gasteiger partial charge in [0.1, 0.15) is 5.75 Å². The van der Waals surface area contributed by atoms with E-state index in [4.69, 9.17) is 4.52 Å². The molecule has 1 aromatic carbocycles. The molecular weight excluding hydrogens is 465 g/mol. The quantitative estimate of drug-likeness (QED) is 0.668. The van der Waals surface area contributed by atoms with Crippen molar-refractivity contribution < 1.29 is 32.3 Å². The fourth-order valence-electron chi connectivity index (χ4n) is 4.75. The first-order valence-corrected chi connectivity index (χ1v) is 11.9. The van der Waals surface area contributed by atoms with Gasteiger partial charge in [0.2, 0.25) is 5.89 Å². The molecule has 2 amide bonds. The van der Waals surface area contributed by atoms with Gasteiger partial charge in [-0.05, 0) is 43.4 Å². The Hall–Kier alpha value is -2.82. The fraction of sp³-hybridized carbons (Fsp3) is 0.625. The van der Waals surface area contributed by atoms with E-state index >= 15 is 0 Å². The molecule has 1 aromatic heterocycles. The lowest BCUT2D eigenvalue weighted by molar-refractivity contribution is -0.274. The Labute approximate surface area is 202 Å². The average molecular weight is 497 g/mol. The van der Waals surface area contributed by atoms with Crippen LogP contribution in [0.5, 0.6) is 5.75 Å². The van der Waals surface area contributed by atoms with E-state index in [0.29, 0.717) is 62.7 Å². The number of carbonyl (C=O) groups excluding carboxylic acids is 1. The number of aliphatic hydroxyl groups excluding tert-OH is 1. The second kappa shape index (κ2) is 10.0. The van der Waals surface area contributed by atoms with Crippen LogP contribution in [-0.4, -0.2) is 69.7 Å². The average Bonchev–Trinajstić information content (AvgIpc) is 3.30. The number of aryl methyl sites for hydroxylation is 1. The summed E-state index contributed by atoms with van der Waals surface area (Å²) in [4.78, 5) is 21.4. The normalized spacial score (nSPS) is 22.1. The molecule has 8 nitrogen and oxygen atoms in total. The minimum atomic E-state index is -4.76. The van der Waals surface area contributed by atoms with Crippen LogP contribution in [0.1, 0.15) is 73.7 Å². The summed E-state index contributed by atoms with van der Waals surface area (Å²) in [6, 6.07) is 4.50. The van der Waals surface area contributed by atoms with Crippen molar-refractivity contribution >= 4 is 6.03 Å². The Balaban J connectivity index is 1.59. The molecule has 0 bridgehead atoms. The van der Waals surface area contributed by atoms with Crippen molar-refractivity contribution in [3.63, 3.8) is 0 Å². The first kappa shape index (κ1) is 25.3. The number of aromatic nitrogens is 2. The largest absolute Gasteiger partial charge is 0.573 e. The van der Waals surface area contributed by atoms with Crippen LogP contribution in [0.25, 0.3) is 0 Å². The number of likely N-dealkylation sites (tertiary alicyclic amines) is 2. The van der Waals surface area contributed by atoms with Crippen LogP contribution in [0.3, 0.4) is 0 Å². The zero-order valence-corrected chi connectivity index (χ0v) is 20.1. The number of nitrogens with zero attached hydrogens (tertiary/aromatic N) is 4.